The minimum atomic E-state index is -3.88. The fourth-order valence-corrected chi connectivity index (χ4v) is 3.49. The first-order valence-electron chi connectivity index (χ1n) is 8.79. The van der Waals surface area contributed by atoms with E-state index in [4.69, 9.17) is 4.74 Å². The van der Waals surface area contributed by atoms with Gasteiger partial charge in [0, 0.05) is 11.7 Å². The SMILES string of the molecule is Cc1cccc(NS(=O)(=O)c2cccc(C(=O)O[C@@H](C)C(=O)NC(C)C)c2)c1. The standard InChI is InChI=1S/C20H24N2O5S/c1-13(2)21-19(23)15(4)27-20(24)16-8-6-10-18(12-16)28(25,26)22-17-9-5-7-14(3)11-17/h5-13,15,22H,1-4H3,(H,21,23)/t15-/m0/s1. The summed E-state index contributed by atoms with van der Waals surface area (Å²) in [5.74, 6) is -1.20. The van der Waals surface area contributed by atoms with E-state index in [9.17, 15) is 18.0 Å². The van der Waals surface area contributed by atoms with Crippen LogP contribution in [0, 0.1) is 6.92 Å². The smallest absolute Gasteiger partial charge is 0.338 e. The van der Waals surface area contributed by atoms with Crippen LogP contribution in [-0.4, -0.2) is 32.4 Å². The second-order valence-electron chi connectivity index (χ2n) is 6.71. The van der Waals surface area contributed by atoms with Crippen molar-refractivity contribution in [2.45, 2.75) is 44.7 Å². The number of sulfonamides is 1. The molecule has 0 saturated carbocycles. The summed E-state index contributed by atoms with van der Waals surface area (Å²) in [7, 11) is -3.88. The Labute approximate surface area is 165 Å². The van der Waals surface area contributed by atoms with Crippen LogP contribution in [0.4, 0.5) is 5.69 Å². The van der Waals surface area contributed by atoms with Crippen LogP contribution in [0.2, 0.25) is 0 Å². The van der Waals surface area contributed by atoms with E-state index in [1.807, 2.05) is 13.0 Å². The lowest BCUT2D eigenvalue weighted by atomic mass is 10.2. The van der Waals surface area contributed by atoms with Crippen LogP contribution in [0.3, 0.4) is 0 Å². The van der Waals surface area contributed by atoms with Gasteiger partial charge in [-0.2, -0.15) is 0 Å². The van der Waals surface area contributed by atoms with Gasteiger partial charge in [0.1, 0.15) is 0 Å². The van der Waals surface area contributed by atoms with Gasteiger partial charge in [-0.1, -0.05) is 18.2 Å². The average molecular weight is 404 g/mol. The third-order valence-electron chi connectivity index (χ3n) is 3.73. The summed E-state index contributed by atoms with van der Waals surface area (Å²) in [6, 6.07) is 12.3. The first-order valence-corrected chi connectivity index (χ1v) is 10.3. The molecule has 0 saturated heterocycles. The Morgan fingerprint density at radius 3 is 2.32 bits per heavy atom. The number of nitrogens with one attached hydrogen (secondary N) is 2. The summed E-state index contributed by atoms with van der Waals surface area (Å²) in [6.07, 6.45) is -0.999. The Morgan fingerprint density at radius 2 is 1.68 bits per heavy atom. The quantitative estimate of drug-likeness (QED) is 0.691. The highest BCUT2D eigenvalue weighted by molar-refractivity contribution is 7.92. The minimum absolute atomic E-state index is 0.0383. The number of amides is 1. The van der Waals surface area contributed by atoms with Crippen LogP contribution in [0.5, 0.6) is 0 Å². The first kappa shape index (κ1) is 21.4. The fraction of sp³-hybridized carbons (Fsp3) is 0.300. The molecule has 2 N–H and O–H groups in total. The number of carbonyl (C=O) groups is 2. The molecule has 28 heavy (non-hydrogen) atoms. The molecule has 2 aromatic carbocycles. The Balaban J connectivity index is 2.16. The minimum Gasteiger partial charge on any atom is -0.449 e. The number of carbonyl (C=O) groups excluding carboxylic acids is 2. The van der Waals surface area contributed by atoms with Crippen molar-refractivity contribution in [1.82, 2.24) is 5.32 Å². The van der Waals surface area contributed by atoms with Crippen LogP contribution < -0.4 is 10.0 Å². The van der Waals surface area contributed by atoms with E-state index in [-0.39, 0.29) is 16.5 Å². The Hall–Kier alpha value is -2.87. The Morgan fingerprint density at radius 1 is 1.00 bits per heavy atom. The van der Waals surface area contributed by atoms with Crippen molar-refractivity contribution in [3.05, 3.63) is 59.7 Å². The van der Waals surface area contributed by atoms with Gasteiger partial charge in [0.05, 0.1) is 10.5 Å². The lowest BCUT2D eigenvalue weighted by Gasteiger charge is -2.15. The molecule has 0 unspecified atom stereocenters. The van der Waals surface area contributed by atoms with Gasteiger partial charge in [0.15, 0.2) is 6.10 Å². The predicted molar refractivity (Wildman–Crippen MR) is 107 cm³/mol. The third kappa shape index (κ3) is 5.82. The van der Waals surface area contributed by atoms with Crippen molar-refractivity contribution >= 4 is 27.6 Å². The van der Waals surface area contributed by atoms with Crippen LogP contribution in [-0.2, 0) is 19.6 Å². The molecule has 2 aromatic rings. The number of aryl methyl sites for hydroxylation is 1. The summed E-state index contributed by atoms with van der Waals surface area (Å²) in [5.41, 5.74) is 1.37. The van der Waals surface area contributed by atoms with E-state index in [0.717, 1.165) is 5.56 Å². The van der Waals surface area contributed by atoms with Crippen molar-refractivity contribution in [3.63, 3.8) is 0 Å². The molecule has 0 aliphatic heterocycles. The summed E-state index contributed by atoms with van der Waals surface area (Å²) in [6.45, 7) is 6.89. The molecule has 0 aliphatic carbocycles. The highest BCUT2D eigenvalue weighted by Gasteiger charge is 2.21. The van der Waals surface area contributed by atoms with Gasteiger partial charge in [-0.05, 0) is 63.6 Å². The zero-order valence-electron chi connectivity index (χ0n) is 16.2. The van der Waals surface area contributed by atoms with Crippen molar-refractivity contribution in [2.75, 3.05) is 4.72 Å². The summed E-state index contributed by atoms with van der Waals surface area (Å²) in [4.78, 5) is 24.1. The molecule has 0 aromatic heterocycles. The molecule has 0 fully saturated rings. The fourth-order valence-electron chi connectivity index (χ4n) is 2.40. The second-order valence-corrected chi connectivity index (χ2v) is 8.40. The summed E-state index contributed by atoms with van der Waals surface area (Å²) < 4.78 is 32.8. The number of hydrogen-bond donors (Lipinski definition) is 2. The molecule has 8 heteroatoms. The van der Waals surface area contributed by atoms with E-state index in [0.29, 0.717) is 5.69 Å². The van der Waals surface area contributed by atoms with Crippen LogP contribution >= 0.6 is 0 Å². The van der Waals surface area contributed by atoms with Gasteiger partial charge in [-0.15, -0.1) is 0 Å². The highest BCUT2D eigenvalue weighted by atomic mass is 32.2. The number of ether oxygens (including phenoxy) is 1. The van der Waals surface area contributed by atoms with Gasteiger partial charge in [-0.3, -0.25) is 9.52 Å². The number of rotatable bonds is 7. The Bertz CT molecular complexity index is 970. The predicted octanol–water partition coefficient (Wildman–Crippen LogP) is 2.87. The van der Waals surface area contributed by atoms with E-state index in [1.165, 1.54) is 31.2 Å². The molecule has 150 valence electrons. The van der Waals surface area contributed by atoms with Crippen molar-refractivity contribution in [1.29, 1.82) is 0 Å². The van der Waals surface area contributed by atoms with Gasteiger partial charge in [0.25, 0.3) is 15.9 Å². The van der Waals surface area contributed by atoms with Crippen LogP contribution in [0.1, 0.15) is 36.7 Å². The normalized spacial score (nSPS) is 12.3. The van der Waals surface area contributed by atoms with Crippen molar-refractivity contribution < 1.29 is 22.7 Å². The molecule has 1 atom stereocenters. The van der Waals surface area contributed by atoms with E-state index < -0.39 is 28.0 Å². The molecule has 0 aliphatic rings. The molecule has 0 bridgehead atoms. The average Bonchev–Trinajstić information content (AvgIpc) is 2.60. The van der Waals surface area contributed by atoms with E-state index in [1.54, 1.807) is 32.0 Å². The molecular formula is C20H24N2O5S. The van der Waals surface area contributed by atoms with E-state index in [2.05, 4.69) is 10.0 Å². The number of benzene rings is 2. The van der Waals surface area contributed by atoms with Gasteiger partial charge >= 0.3 is 5.97 Å². The molecular weight excluding hydrogens is 380 g/mol. The molecule has 7 nitrogen and oxygen atoms in total. The zero-order valence-corrected chi connectivity index (χ0v) is 17.0. The van der Waals surface area contributed by atoms with Gasteiger partial charge < -0.3 is 10.1 Å². The lowest BCUT2D eigenvalue weighted by Crippen LogP contribution is -2.39. The monoisotopic (exact) mass is 404 g/mol. The zero-order chi connectivity index (χ0) is 20.9. The Kier molecular flexibility index (Phi) is 6.80. The summed E-state index contributed by atoms with van der Waals surface area (Å²) >= 11 is 0. The maximum absolute atomic E-state index is 12.6. The largest absolute Gasteiger partial charge is 0.449 e. The maximum Gasteiger partial charge on any atom is 0.338 e. The second kappa shape index (κ2) is 8.88. The van der Waals surface area contributed by atoms with Gasteiger partial charge in [0.2, 0.25) is 0 Å². The molecule has 0 spiro atoms. The highest BCUT2D eigenvalue weighted by Crippen LogP contribution is 2.18. The van der Waals surface area contributed by atoms with Crippen molar-refractivity contribution in [3.8, 4) is 0 Å². The topological polar surface area (TPSA) is 102 Å². The molecule has 0 radical (unpaired) electrons. The van der Waals surface area contributed by atoms with E-state index >= 15 is 0 Å². The lowest BCUT2D eigenvalue weighted by molar-refractivity contribution is -0.129. The number of hydrogen-bond acceptors (Lipinski definition) is 5. The maximum atomic E-state index is 12.6. The molecule has 1 amide bonds. The molecule has 2 rings (SSSR count). The van der Waals surface area contributed by atoms with Crippen LogP contribution in [0.25, 0.3) is 0 Å². The third-order valence-corrected chi connectivity index (χ3v) is 5.11. The number of esters is 1. The van der Waals surface area contributed by atoms with Crippen LogP contribution in [0.15, 0.2) is 53.4 Å². The first-order chi connectivity index (χ1) is 13.1. The van der Waals surface area contributed by atoms with Gasteiger partial charge in [-0.25, -0.2) is 13.2 Å². The molecule has 0 heterocycles. The van der Waals surface area contributed by atoms with Crippen molar-refractivity contribution in [2.24, 2.45) is 0 Å². The summed E-state index contributed by atoms with van der Waals surface area (Å²) in [5, 5.41) is 2.64. The number of anilines is 1.